The largest absolute Gasteiger partial charge is 0.308 e. The van der Waals surface area contributed by atoms with Gasteiger partial charge in [-0.3, -0.25) is 0 Å². The van der Waals surface area contributed by atoms with Crippen LogP contribution >= 0.6 is 22.7 Å². The van der Waals surface area contributed by atoms with E-state index in [0.29, 0.717) is 17.5 Å². The van der Waals surface area contributed by atoms with E-state index < -0.39 is 0 Å². The smallest absolute Gasteiger partial charge is 0.164 e. The summed E-state index contributed by atoms with van der Waals surface area (Å²) in [6, 6.07) is 62.5. The quantitative estimate of drug-likeness (QED) is 0.143. The van der Waals surface area contributed by atoms with Crippen molar-refractivity contribution in [2.75, 3.05) is 0 Å². The minimum absolute atomic E-state index is 0.601. The van der Waals surface area contributed by atoms with Crippen molar-refractivity contribution in [1.29, 1.82) is 0 Å². The highest BCUT2D eigenvalue weighted by molar-refractivity contribution is 7.30. The summed E-state index contributed by atoms with van der Waals surface area (Å²) in [5.41, 5.74) is 9.29. The van der Waals surface area contributed by atoms with Crippen molar-refractivity contribution in [2.45, 2.75) is 0 Å². The van der Waals surface area contributed by atoms with Gasteiger partial charge in [0, 0.05) is 73.4 Å². The van der Waals surface area contributed by atoms with Gasteiger partial charge >= 0.3 is 0 Å². The van der Waals surface area contributed by atoms with Gasteiger partial charge in [0.1, 0.15) is 0 Å². The van der Waals surface area contributed by atoms with Gasteiger partial charge in [-0.15, -0.1) is 22.7 Å². The second kappa shape index (κ2) is 15.3. The molecule has 0 saturated heterocycles. The Balaban J connectivity index is 1.17. The highest BCUT2D eigenvalue weighted by atomic mass is 32.1. The fourth-order valence-corrected chi connectivity index (χ4v) is 11.6. The second-order valence-electron chi connectivity index (χ2n) is 15.6. The number of para-hydroxylation sites is 1. The van der Waals surface area contributed by atoms with E-state index in [1.54, 1.807) is 6.08 Å². The number of aromatic nitrogens is 4. The fourth-order valence-electron chi connectivity index (χ4n) is 9.03. The first-order chi connectivity index (χ1) is 31.2. The Labute approximate surface area is 371 Å². The van der Waals surface area contributed by atoms with Crippen molar-refractivity contribution in [3.05, 3.63) is 212 Å². The normalized spacial score (nSPS) is 12.1. The molecule has 0 fully saturated rings. The molecular weight excluding hydrogens is 805 g/mol. The summed E-state index contributed by atoms with van der Waals surface area (Å²) in [5.74, 6) is 1.85. The van der Waals surface area contributed by atoms with Crippen LogP contribution in [0.2, 0.25) is 0 Å². The molecule has 0 atom stereocenters. The maximum Gasteiger partial charge on any atom is 0.164 e. The van der Waals surface area contributed by atoms with Gasteiger partial charge in [-0.1, -0.05) is 176 Å². The van der Waals surface area contributed by atoms with E-state index in [0.717, 1.165) is 50.1 Å². The van der Waals surface area contributed by atoms with E-state index in [1.165, 1.54) is 51.1 Å². The number of thiophene rings is 2. The Bertz CT molecular complexity index is 3740. The number of rotatable bonds is 8. The van der Waals surface area contributed by atoms with Gasteiger partial charge in [-0.05, 0) is 47.5 Å². The molecule has 0 aliphatic rings. The lowest BCUT2D eigenvalue weighted by atomic mass is 9.95. The molecule has 0 unspecified atom stereocenters. The van der Waals surface area contributed by atoms with Crippen LogP contribution in [0, 0.1) is 0 Å². The minimum atomic E-state index is 0.601. The van der Waals surface area contributed by atoms with Crippen LogP contribution in [0.5, 0.6) is 0 Å². The molecule has 0 radical (unpaired) electrons. The number of nitrogens with zero attached hydrogens (tertiary/aromatic N) is 4. The molecule has 4 heterocycles. The average molecular weight is 841 g/mol. The van der Waals surface area contributed by atoms with E-state index in [9.17, 15) is 0 Å². The van der Waals surface area contributed by atoms with Crippen molar-refractivity contribution in [3.8, 4) is 51.0 Å². The van der Waals surface area contributed by atoms with Crippen LogP contribution in [0.4, 0.5) is 0 Å². The Hall–Kier alpha value is -7.77. The predicted molar refractivity (Wildman–Crippen MR) is 270 cm³/mol. The van der Waals surface area contributed by atoms with Crippen molar-refractivity contribution >= 4 is 90.9 Å². The van der Waals surface area contributed by atoms with E-state index in [1.807, 2.05) is 95.5 Å². The maximum atomic E-state index is 5.19. The highest BCUT2D eigenvalue weighted by Crippen LogP contribution is 2.49. The van der Waals surface area contributed by atoms with Crippen LogP contribution in [0.1, 0.15) is 5.56 Å². The SMILES string of the molecule is C=C/C=C\C=C\c1cc(-c2nc(-c3ccccc3)nc(-c3ccccc3)n2)cc(-c2ccccc2)c1-n1c2ccccc2c2c3sc4c(ccc5sc6ccccc6c54)c3ccc21. The van der Waals surface area contributed by atoms with Crippen molar-refractivity contribution in [3.63, 3.8) is 0 Å². The predicted octanol–water partition coefficient (Wildman–Crippen LogP) is 16.1. The van der Waals surface area contributed by atoms with E-state index >= 15 is 0 Å². The molecule has 6 heteroatoms. The summed E-state index contributed by atoms with van der Waals surface area (Å²) in [6.45, 7) is 3.93. The summed E-state index contributed by atoms with van der Waals surface area (Å²) in [4.78, 5) is 15.4. The molecule has 12 rings (SSSR count). The summed E-state index contributed by atoms with van der Waals surface area (Å²) in [6.07, 6.45) is 10.1. The zero-order valence-corrected chi connectivity index (χ0v) is 35.6. The standard InChI is InChI=1S/C57H36N4S2/c1-2-3-4-8-25-39-34-40(57-59-55(37-21-11-6-12-22-37)58-56(60-57)38-23-13-7-14-24-38)35-45(36-19-9-5-10-20-36)52(39)61-46-28-17-15-26-43(46)50-47(61)32-30-41-42-31-33-49-51(54(42)63-53(41)50)44-27-16-18-29-48(44)62-49/h2-35H,1H2/b4-3-,25-8+. The lowest BCUT2D eigenvalue weighted by molar-refractivity contribution is 1.07. The van der Waals surface area contributed by atoms with Gasteiger partial charge in [-0.2, -0.15) is 0 Å². The second-order valence-corrected chi connectivity index (χ2v) is 17.7. The molecule has 12 aromatic rings. The number of benzene rings is 8. The lowest BCUT2D eigenvalue weighted by Gasteiger charge is -2.19. The molecule has 0 N–H and O–H groups in total. The van der Waals surface area contributed by atoms with Crippen molar-refractivity contribution in [1.82, 2.24) is 19.5 Å². The first kappa shape index (κ1) is 37.0. The van der Waals surface area contributed by atoms with Crippen LogP contribution < -0.4 is 0 Å². The van der Waals surface area contributed by atoms with Crippen LogP contribution in [0.15, 0.2) is 207 Å². The summed E-state index contributed by atoms with van der Waals surface area (Å²) >= 11 is 3.80. The van der Waals surface area contributed by atoms with Gasteiger partial charge in [-0.25, -0.2) is 15.0 Å². The maximum absolute atomic E-state index is 5.19. The highest BCUT2D eigenvalue weighted by Gasteiger charge is 2.24. The summed E-state index contributed by atoms with van der Waals surface area (Å²) in [7, 11) is 0. The first-order valence-corrected chi connectivity index (χ1v) is 22.6. The van der Waals surface area contributed by atoms with Crippen LogP contribution in [0.3, 0.4) is 0 Å². The molecule has 0 bridgehead atoms. The van der Waals surface area contributed by atoms with E-state index in [2.05, 4.69) is 139 Å². The van der Waals surface area contributed by atoms with Gasteiger partial charge in [0.25, 0.3) is 0 Å². The number of fused-ring (bicyclic) bond motifs is 11. The topological polar surface area (TPSA) is 43.6 Å². The molecule has 4 nitrogen and oxygen atoms in total. The summed E-state index contributed by atoms with van der Waals surface area (Å²) in [5, 5.41) is 7.76. The van der Waals surface area contributed by atoms with Crippen molar-refractivity contribution < 1.29 is 0 Å². The Morgan fingerprint density at radius 1 is 0.429 bits per heavy atom. The third kappa shape index (κ3) is 6.22. The molecule has 0 aliphatic carbocycles. The molecule has 0 spiro atoms. The van der Waals surface area contributed by atoms with Gasteiger partial charge in [0.05, 0.1) is 16.7 Å². The summed E-state index contributed by atoms with van der Waals surface area (Å²) < 4.78 is 7.78. The monoisotopic (exact) mass is 840 g/mol. The number of allylic oxidation sites excluding steroid dienone is 4. The molecule has 296 valence electrons. The fraction of sp³-hybridized carbons (Fsp3) is 0. The number of hydrogen-bond donors (Lipinski definition) is 0. The van der Waals surface area contributed by atoms with E-state index in [-0.39, 0.29) is 0 Å². The number of hydrogen-bond acceptors (Lipinski definition) is 5. The molecule has 0 saturated carbocycles. The van der Waals surface area contributed by atoms with Gasteiger partial charge < -0.3 is 4.57 Å². The Morgan fingerprint density at radius 2 is 1.02 bits per heavy atom. The third-order valence-corrected chi connectivity index (χ3v) is 14.2. The zero-order chi connectivity index (χ0) is 41.9. The molecule has 0 aliphatic heterocycles. The molecule has 0 amide bonds. The van der Waals surface area contributed by atoms with Gasteiger partial charge in [0.2, 0.25) is 0 Å². The average Bonchev–Trinajstić information content (AvgIpc) is 4.03. The van der Waals surface area contributed by atoms with Gasteiger partial charge in [0.15, 0.2) is 17.5 Å². The Morgan fingerprint density at radius 3 is 1.71 bits per heavy atom. The zero-order valence-electron chi connectivity index (χ0n) is 33.9. The first-order valence-electron chi connectivity index (χ1n) is 21.0. The van der Waals surface area contributed by atoms with E-state index in [4.69, 9.17) is 15.0 Å². The third-order valence-electron chi connectivity index (χ3n) is 11.8. The van der Waals surface area contributed by atoms with Crippen LogP contribution in [-0.2, 0) is 0 Å². The Kier molecular flexibility index (Phi) is 8.99. The van der Waals surface area contributed by atoms with Crippen LogP contribution in [-0.4, -0.2) is 19.5 Å². The van der Waals surface area contributed by atoms with Crippen molar-refractivity contribution in [2.24, 2.45) is 0 Å². The molecular formula is C57H36N4S2. The molecule has 4 aromatic heterocycles. The van der Waals surface area contributed by atoms with Crippen LogP contribution in [0.25, 0.3) is 119 Å². The minimum Gasteiger partial charge on any atom is -0.308 e. The molecule has 8 aromatic carbocycles. The molecule has 63 heavy (non-hydrogen) atoms. The lowest BCUT2D eigenvalue weighted by Crippen LogP contribution is -2.04.